The Kier molecular flexibility index (Phi) is 8.80. The van der Waals surface area contributed by atoms with E-state index >= 15 is 0 Å². The largest absolute Gasteiger partial charge is 0.368 e. The van der Waals surface area contributed by atoms with Crippen molar-refractivity contribution >= 4 is 0 Å². The molecule has 0 atom stereocenters. The van der Waals surface area contributed by atoms with E-state index in [1.165, 1.54) is 0 Å². The topological polar surface area (TPSA) is 147 Å². The average molecular weight is 364 g/mol. The van der Waals surface area contributed by atoms with Gasteiger partial charge in [0.15, 0.2) is 0 Å². The second kappa shape index (κ2) is 9.47. The fraction of sp³-hybridized carbons (Fsp3) is 0. The third-order valence-electron chi connectivity index (χ3n) is 1.23. The van der Waals surface area contributed by atoms with Gasteiger partial charge >= 0.3 is 53.6 Å². The molecule has 2 heterocycles. The first-order valence-electron chi connectivity index (χ1n) is 4.79. The molecule has 0 aliphatic heterocycles. The molecule has 0 saturated carbocycles. The molecule has 0 spiro atoms. The van der Waals surface area contributed by atoms with Crippen LogP contribution in [-0.4, -0.2) is 18.3 Å². The van der Waals surface area contributed by atoms with Crippen LogP contribution in [0.5, 0.6) is 0 Å². The number of hydrogen-bond acceptors (Lipinski definition) is 6. The van der Waals surface area contributed by atoms with Crippen LogP contribution in [0.25, 0.3) is 0 Å². The Hall–Kier alpha value is -1.43. The third-order valence-corrected chi connectivity index (χ3v) is 3.99. The molecule has 0 amide bonds. The summed E-state index contributed by atoms with van der Waals surface area (Å²) < 4.78 is 56.3. The summed E-state index contributed by atoms with van der Waals surface area (Å²) in [4.78, 5) is 6.65. The van der Waals surface area contributed by atoms with Gasteiger partial charge in [0.1, 0.15) is 0 Å². The molecule has 20 heavy (non-hydrogen) atoms. The minimum Gasteiger partial charge on any atom is -0.368 e. The van der Waals surface area contributed by atoms with E-state index in [0.29, 0.717) is 0 Å². The molecule has 0 aromatic carbocycles. The smallest absolute Gasteiger partial charge is 0.0267 e. The Labute approximate surface area is 119 Å². The molecule has 0 unspecified atom stereocenters. The normalized spacial score (nSPS) is 10.5. The van der Waals surface area contributed by atoms with Crippen LogP contribution in [0.3, 0.4) is 0 Å². The van der Waals surface area contributed by atoms with E-state index in [4.69, 9.17) is 8.32 Å². The van der Waals surface area contributed by atoms with Gasteiger partial charge < -0.3 is 4.98 Å². The van der Waals surface area contributed by atoms with E-state index in [9.17, 15) is 15.2 Å². The zero-order valence-electron chi connectivity index (χ0n) is 9.90. The second-order valence-electron chi connectivity index (χ2n) is 2.83. The molecule has 2 rings (SSSR count). The number of pyridine rings is 1. The number of aromatic nitrogens is 2. The van der Waals surface area contributed by atoms with Crippen molar-refractivity contribution in [2.24, 2.45) is 0 Å². The number of H-pyrrole nitrogens is 1. The van der Waals surface area contributed by atoms with Gasteiger partial charge in [0.2, 0.25) is 0 Å². The molecule has 9 nitrogen and oxygen atoms in total. The van der Waals surface area contributed by atoms with Crippen LogP contribution >= 0.6 is 0 Å². The molecule has 0 aliphatic rings. The monoisotopic (exact) mass is 364 g/mol. The Balaban J connectivity index is 0.000000283. The van der Waals surface area contributed by atoms with Gasteiger partial charge in [-0.15, -0.1) is 0 Å². The maximum absolute atomic E-state index is 9.53. The van der Waals surface area contributed by atoms with Crippen molar-refractivity contribution in [3.63, 3.8) is 0 Å². The molecule has 0 bridgehead atoms. The molecule has 2 aromatic rings. The fourth-order valence-electron chi connectivity index (χ4n) is 0.699. The van der Waals surface area contributed by atoms with Crippen molar-refractivity contribution in [2.45, 2.75) is 0 Å². The van der Waals surface area contributed by atoms with Crippen molar-refractivity contribution in [1.29, 1.82) is 0 Å². The van der Waals surface area contributed by atoms with Gasteiger partial charge in [-0.2, -0.15) is 0 Å². The summed E-state index contributed by atoms with van der Waals surface area (Å²) in [6.07, 6.45) is 7.25. The van der Waals surface area contributed by atoms with Crippen LogP contribution < -0.4 is 0 Å². The van der Waals surface area contributed by atoms with Gasteiger partial charge in [0.05, 0.1) is 0 Å². The molecule has 3 N–H and O–H groups in total. The third kappa shape index (κ3) is 16.6. The number of hydrogen-bond donors (Lipinski definition) is 3. The summed E-state index contributed by atoms with van der Waals surface area (Å²) in [5.74, 6) is 0. The Bertz CT molecular complexity index is 565. The maximum Gasteiger partial charge on any atom is 0.0267 e. The van der Waals surface area contributed by atoms with E-state index in [1.807, 2.05) is 42.7 Å². The van der Waals surface area contributed by atoms with Gasteiger partial charge in [-0.05, 0) is 24.3 Å². The van der Waals surface area contributed by atoms with E-state index < -0.39 is 27.2 Å². The minimum absolute atomic E-state index is 1.75. The summed E-state index contributed by atoms with van der Waals surface area (Å²) in [5, 5.41) is 0. The van der Waals surface area contributed by atoms with Crippen LogP contribution in [0, 0.1) is 0 Å². The number of rotatable bonds is 2. The number of nitrogens with one attached hydrogen (secondary N) is 1. The summed E-state index contributed by atoms with van der Waals surface area (Å²) in [7, 11) is 0. The minimum atomic E-state index is -5.76. The van der Waals surface area contributed by atoms with Crippen molar-refractivity contribution < 1.29 is 53.6 Å². The van der Waals surface area contributed by atoms with Gasteiger partial charge in [0, 0.05) is 24.8 Å². The zero-order chi connectivity index (χ0) is 15.5. The van der Waals surface area contributed by atoms with Crippen LogP contribution in [-0.2, 0) is 45.3 Å². The molecule has 2 aromatic heterocycles. The summed E-state index contributed by atoms with van der Waals surface area (Å²) >= 11 is -11.5. The SMILES string of the molecule is [O]=[Cr](=[O])([OH])[O][Cr](=[O])(=[O])[OH].c1cc[nH]c1.c1ccncc1. The second-order valence-corrected chi connectivity index (χ2v) is 6.59. The van der Waals surface area contributed by atoms with Crippen LogP contribution in [0.4, 0.5) is 0 Å². The van der Waals surface area contributed by atoms with Gasteiger partial charge in [-0.3, -0.25) is 4.98 Å². The molecule has 0 fully saturated rings. The van der Waals surface area contributed by atoms with E-state index in [-0.39, 0.29) is 0 Å². The Morgan fingerprint density at radius 2 is 1.25 bits per heavy atom. The zero-order valence-corrected chi connectivity index (χ0v) is 12.4. The molecular formula is C9H12Cr2N2O7. The summed E-state index contributed by atoms with van der Waals surface area (Å²) in [5.41, 5.74) is 0. The average Bonchev–Trinajstić information content (AvgIpc) is 2.85. The number of nitrogens with zero attached hydrogens (tertiary/aromatic N) is 1. The van der Waals surface area contributed by atoms with Crippen molar-refractivity contribution in [3.8, 4) is 0 Å². The summed E-state index contributed by atoms with van der Waals surface area (Å²) in [6, 6.07) is 9.60. The molecule has 11 heteroatoms. The number of aromatic amines is 1. The first-order chi connectivity index (χ1) is 9.21. The van der Waals surface area contributed by atoms with Crippen LogP contribution in [0.1, 0.15) is 0 Å². The Morgan fingerprint density at radius 1 is 0.800 bits per heavy atom. The molecule has 112 valence electrons. The van der Waals surface area contributed by atoms with Crippen LogP contribution in [0.15, 0.2) is 55.1 Å². The maximum atomic E-state index is 9.53. The first-order valence-corrected chi connectivity index (χ1v) is 9.06. The van der Waals surface area contributed by atoms with E-state index in [1.54, 1.807) is 12.4 Å². The van der Waals surface area contributed by atoms with Crippen molar-refractivity contribution in [2.75, 3.05) is 0 Å². The standard InChI is InChI=1S/C5H5N.C4H5N.2Cr.2H2O.5O/c1-2-4-6-5-3-1;1-2-4-5-3-1;;;;;;;;;/h1-5H;1-5H;;;2*1H2;;;;;/q;;2*+1;;;;;;;/p-2. The quantitative estimate of drug-likeness (QED) is 0.695. The molecule has 0 radical (unpaired) electrons. The van der Waals surface area contributed by atoms with Crippen molar-refractivity contribution in [3.05, 3.63) is 55.1 Å². The first kappa shape index (κ1) is 18.6. The van der Waals surface area contributed by atoms with E-state index in [0.717, 1.165) is 0 Å². The van der Waals surface area contributed by atoms with Crippen molar-refractivity contribution in [1.82, 2.24) is 9.97 Å². The summed E-state index contributed by atoms with van der Waals surface area (Å²) in [6.45, 7) is 0. The molecular weight excluding hydrogens is 352 g/mol. The fourth-order valence-corrected chi connectivity index (χ4v) is 2.44. The van der Waals surface area contributed by atoms with Crippen LogP contribution in [0.2, 0.25) is 0 Å². The van der Waals surface area contributed by atoms with Gasteiger partial charge in [0.25, 0.3) is 0 Å². The predicted octanol–water partition coefficient (Wildman–Crippen LogP) is 0.434. The van der Waals surface area contributed by atoms with Gasteiger partial charge in [-0.25, -0.2) is 0 Å². The van der Waals surface area contributed by atoms with Gasteiger partial charge in [-0.1, -0.05) is 6.07 Å². The Morgan fingerprint density at radius 3 is 1.35 bits per heavy atom. The van der Waals surface area contributed by atoms with E-state index in [2.05, 4.69) is 12.8 Å². The predicted molar refractivity (Wildman–Crippen MR) is 53.3 cm³/mol. The molecule has 0 aliphatic carbocycles. The molecule has 0 saturated heterocycles.